The van der Waals surface area contributed by atoms with Crippen LogP contribution in [0, 0.1) is 0 Å². The van der Waals surface area contributed by atoms with Gasteiger partial charge in [0.25, 0.3) is 0 Å². The second kappa shape index (κ2) is 18.1. The van der Waals surface area contributed by atoms with E-state index in [1.165, 1.54) is 10.8 Å². The fraction of sp³-hybridized carbons (Fsp3) is 0.169. The lowest BCUT2D eigenvalue weighted by Gasteiger charge is -2.25. The molecule has 9 aromatic carbocycles. The second-order valence-corrected chi connectivity index (χ2v) is 28.8. The van der Waals surface area contributed by atoms with Crippen molar-refractivity contribution >= 4 is 89.8 Å². The van der Waals surface area contributed by atoms with Crippen molar-refractivity contribution in [3.8, 4) is 39.6 Å². The Balaban J connectivity index is 1.05. The number of rotatable bonds is 7. The van der Waals surface area contributed by atoms with Crippen molar-refractivity contribution in [2.45, 2.75) is 78.7 Å². The van der Waals surface area contributed by atoms with E-state index in [1.807, 2.05) is 18.3 Å². The molecule has 5 nitrogen and oxygen atoms in total. The number of hydrogen-bond donors (Lipinski definition) is 0. The Bertz CT molecular complexity index is 4700. The molecule has 0 saturated carbocycles. The first kappa shape index (κ1) is 42.7. The summed E-state index contributed by atoms with van der Waals surface area (Å²) in [4.78, 5) is 7.39. The molecule has 1 aliphatic heterocycles. The van der Waals surface area contributed by atoms with Crippen LogP contribution in [0.2, 0.25) is 19.6 Å². The number of ether oxygens (including phenoxy) is 1. The van der Waals surface area contributed by atoms with Crippen LogP contribution in [0.1, 0.15) is 59.5 Å². The number of nitrogens with zero attached hydrogens (tertiary/aromatic N) is 4. The maximum Gasteiger partial charge on any atom is 0.137 e. The molecular weight excluding hydrogens is 953 g/mol. The summed E-state index contributed by atoms with van der Waals surface area (Å²) in [5, 5.41) is 10.1. The van der Waals surface area contributed by atoms with Gasteiger partial charge in [-0.3, -0.25) is 4.57 Å². The van der Waals surface area contributed by atoms with Crippen molar-refractivity contribution < 1.29 is 11.6 Å². The Morgan fingerprint density at radius 1 is 0.494 bits per heavy atom. The molecule has 0 N–H and O–H groups in total. The standard InChI is InChI=1S/C71H64N4OSi/c1-70(2,3)49-35-36-72-67(40-49)75-64-31-18-17-27-60(64)61-34-33-52(44-66(61)75)76-53-41-51(42-54(43-53)77(7,8)9)73-45-74-68-55(48-37-47(46-21-11-10-12-22-46)38-50(39-48)71(4,5)6)28-19-29-62(68)58-25-15-13-23-56(58)57-24-14-16-26-59(57)63-30-20-32-65(73)69(63)74/h10-44H,45H2,1-9H3/i10D,11D,12D,21D,22D. The molecule has 12 aromatic rings. The minimum absolute atomic E-state index is 0.0578. The molecule has 0 atom stereocenters. The minimum atomic E-state index is -2.01. The van der Waals surface area contributed by atoms with E-state index in [1.54, 1.807) is 0 Å². The van der Waals surface area contributed by atoms with E-state index < -0.39 is 14.1 Å². The summed E-state index contributed by atoms with van der Waals surface area (Å²) in [6.07, 6.45) is 1.92. The number of hydrogen-bond acceptors (Lipinski definition) is 3. The molecule has 0 saturated heterocycles. The van der Waals surface area contributed by atoms with Crippen LogP contribution >= 0.6 is 0 Å². The zero-order valence-electron chi connectivity index (χ0n) is 50.2. The van der Waals surface area contributed by atoms with Gasteiger partial charge >= 0.3 is 0 Å². The van der Waals surface area contributed by atoms with E-state index in [4.69, 9.17) is 16.6 Å². The lowest BCUT2D eigenvalue weighted by atomic mass is 9.83. The average molecular weight is 1020 g/mol. The van der Waals surface area contributed by atoms with Gasteiger partial charge in [-0.05, 0) is 115 Å². The summed E-state index contributed by atoms with van der Waals surface area (Å²) in [6, 6.07) is 61.3. The number of para-hydroxylation sites is 3. The zero-order chi connectivity index (χ0) is 57.3. The lowest BCUT2D eigenvalue weighted by molar-refractivity contribution is 0.483. The molecule has 0 bridgehead atoms. The summed E-state index contributed by atoms with van der Waals surface area (Å²) in [7, 11) is -2.01. The van der Waals surface area contributed by atoms with Crippen molar-refractivity contribution in [1.29, 1.82) is 0 Å². The molecule has 4 heterocycles. The fourth-order valence-electron chi connectivity index (χ4n) is 11.5. The first-order chi connectivity index (χ1) is 39.1. The van der Waals surface area contributed by atoms with Gasteiger partial charge in [0.05, 0.1) is 42.7 Å². The van der Waals surface area contributed by atoms with Gasteiger partial charge in [-0.1, -0.05) is 206 Å². The predicted molar refractivity (Wildman–Crippen MR) is 331 cm³/mol. The van der Waals surface area contributed by atoms with Gasteiger partial charge in [-0.15, -0.1) is 0 Å². The molecule has 6 heteroatoms. The van der Waals surface area contributed by atoms with Crippen molar-refractivity contribution in [3.05, 3.63) is 223 Å². The van der Waals surface area contributed by atoms with Crippen molar-refractivity contribution in [3.63, 3.8) is 0 Å². The number of anilines is 2. The third-order valence-corrected chi connectivity index (χ3v) is 17.6. The summed E-state index contributed by atoms with van der Waals surface area (Å²) < 4.78 is 56.1. The molecular formula is C71H64N4OSi. The highest BCUT2D eigenvalue weighted by atomic mass is 28.3. The quantitative estimate of drug-likeness (QED) is 0.149. The van der Waals surface area contributed by atoms with Gasteiger partial charge in [0, 0.05) is 51.1 Å². The Labute approximate surface area is 460 Å². The predicted octanol–water partition coefficient (Wildman–Crippen LogP) is 19.1. The summed E-state index contributed by atoms with van der Waals surface area (Å²) in [6.45, 7) is 20.8. The highest BCUT2D eigenvalue weighted by Gasteiger charge is 2.29. The van der Waals surface area contributed by atoms with Gasteiger partial charge in [0.2, 0.25) is 0 Å². The van der Waals surface area contributed by atoms with Crippen LogP contribution in [0.15, 0.2) is 212 Å². The minimum Gasteiger partial charge on any atom is -0.457 e. The van der Waals surface area contributed by atoms with E-state index in [0.717, 1.165) is 111 Å². The Morgan fingerprint density at radius 3 is 1.79 bits per heavy atom. The normalized spacial score (nSPS) is 13.8. The van der Waals surface area contributed by atoms with Gasteiger partial charge in [-0.2, -0.15) is 0 Å². The highest BCUT2D eigenvalue weighted by Crippen LogP contribution is 2.46. The Hall–Kier alpha value is -8.45. The first-order valence-corrected chi connectivity index (χ1v) is 30.2. The number of fused-ring (bicyclic) bond motifs is 10. The van der Waals surface area contributed by atoms with E-state index in [-0.39, 0.29) is 40.6 Å². The molecule has 0 unspecified atom stereocenters. The molecule has 77 heavy (non-hydrogen) atoms. The third-order valence-electron chi connectivity index (χ3n) is 15.6. The molecule has 0 fully saturated rings. The fourth-order valence-corrected chi connectivity index (χ4v) is 12.7. The number of aromatic nitrogens is 3. The summed E-state index contributed by atoms with van der Waals surface area (Å²) in [5.41, 5.74) is 10.6. The molecule has 0 aliphatic carbocycles. The molecule has 0 radical (unpaired) electrons. The topological polar surface area (TPSA) is 35.2 Å². The lowest BCUT2D eigenvalue weighted by Crippen LogP contribution is -2.38. The number of benzene rings is 9. The second-order valence-electron chi connectivity index (χ2n) is 23.8. The maximum absolute atomic E-state index is 9.15. The molecule has 1 aliphatic rings. The largest absolute Gasteiger partial charge is 0.457 e. The van der Waals surface area contributed by atoms with Gasteiger partial charge < -0.3 is 14.2 Å². The molecule has 0 amide bonds. The molecule has 13 rings (SSSR count). The van der Waals surface area contributed by atoms with Crippen LogP contribution in [0.25, 0.3) is 93.2 Å². The van der Waals surface area contributed by atoms with Crippen LogP contribution in [-0.2, 0) is 17.5 Å². The summed E-state index contributed by atoms with van der Waals surface area (Å²) in [5.74, 6) is 2.34. The zero-order valence-corrected chi connectivity index (χ0v) is 46.2. The highest BCUT2D eigenvalue weighted by molar-refractivity contribution is 6.88. The maximum atomic E-state index is 9.15. The van der Waals surface area contributed by atoms with E-state index in [9.17, 15) is 0 Å². The third kappa shape index (κ3) is 8.43. The molecule has 3 aromatic heterocycles. The molecule has 378 valence electrons. The van der Waals surface area contributed by atoms with Crippen LogP contribution in [0.3, 0.4) is 0 Å². The van der Waals surface area contributed by atoms with E-state index in [0.29, 0.717) is 12.2 Å². The SMILES string of the molecule is [2H]c1c([2H])c([2H])c(-c2cc(-c3cccc4c5ccccc5c5ccccc5c5cccc6c5n(c34)CN6c3cc(Oc4ccc5c6ccccc6n(-c6cc(C(C)(C)C)ccn6)c5c4)cc([Si](C)(C)C)c3)cc(C(C)(C)C)c2)c([2H])c1[2H]. The Kier molecular flexibility index (Phi) is 10.0. The first-order valence-electron chi connectivity index (χ1n) is 29.2. The molecule has 0 spiro atoms. The number of pyridine rings is 1. The van der Waals surface area contributed by atoms with Gasteiger partial charge in [0.15, 0.2) is 0 Å². The van der Waals surface area contributed by atoms with Crippen LogP contribution in [0.4, 0.5) is 11.4 Å². The van der Waals surface area contributed by atoms with Gasteiger partial charge in [0.1, 0.15) is 24.0 Å². The van der Waals surface area contributed by atoms with Crippen LogP contribution in [-0.4, -0.2) is 22.2 Å². The smallest absolute Gasteiger partial charge is 0.137 e. The van der Waals surface area contributed by atoms with E-state index in [2.05, 4.69) is 239 Å². The van der Waals surface area contributed by atoms with E-state index >= 15 is 0 Å². The van der Waals surface area contributed by atoms with Crippen molar-refractivity contribution in [2.75, 3.05) is 4.90 Å². The van der Waals surface area contributed by atoms with Crippen LogP contribution in [0.5, 0.6) is 11.5 Å². The van der Waals surface area contributed by atoms with Gasteiger partial charge in [-0.25, -0.2) is 4.98 Å². The monoisotopic (exact) mass is 1020 g/mol. The Morgan fingerprint density at radius 2 is 1.10 bits per heavy atom. The summed E-state index contributed by atoms with van der Waals surface area (Å²) >= 11 is 0. The average Bonchev–Trinajstić information content (AvgIpc) is 2.04. The van der Waals surface area contributed by atoms with Crippen molar-refractivity contribution in [1.82, 2.24) is 14.1 Å². The van der Waals surface area contributed by atoms with Crippen LogP contribution < -0.4 is 14.8 Å². The van der Waals surface area contributed by atoms with Crippen molar-refractivity contribution in [2.24, 2.45) is 0 Å².